The number of halogens is 1. The molecule has 33 heavy (non-hydrogen) atoms. The Morgan fingerprint density at radius 3 is 2.73 bits per heavy atom. The van der Waals surface area contributed by atoms with E-state index in [0.717, 1.165) is 47.1 Å². The van der Waals surface area contributed by atoms with Crippen LogP contribution in [0.4, 0.5) is 16.2 Å². The van der Waals surface area contributed by atoms with Gasteiger partial charge in [0.25, 0.3) is 0 Å². The smallest absolute Gasteiger partial charge is 0.321 e. The van der Waals surface area contributed by atoms with Gasteiger partial charge in [0.2, 0.25) is 0 Å². The highest BCUT2D eigenvalue weighted by Crippen LogP contribution is 2.38. The molecule has 0 atom stereocenters. The molecule has 7 heteroatoms. The Hall–Kier alpha value is -3.51. The van der Waals surface area contributed by atoms with E-state index in [9.17, 15) is 4.79 Å². The number of fused-ring (bicyclic) bond motifs is 2. The second kappa shape index (κ2) is 9.16. The van der Waals surface area contributed by atoms with E-state index in [1.807, 2.05) is 66.4 Å². The van der Waals surface area contributed by atoms with Gasteiger partial charge >= 0.3 is 6.03 Å². The maximum absolute atomic E-state index is 12.9. The van der Waals surface area contributed by atoms with Crippen LogP contribution in [-0.4, -0.2) is 47.8 Å². The molecule has 0 unspecified atom stereocenters. The lowest BCUT2D eigenvalue weighted by Gasteiger charge is -2.25. The number of carbonyl (C=O) groups excluding carboxylic acids is 1. The van der Waals surface area contributed by atoms with Gasteiger partial charge in [0.05, 0.1) is 5.56 Å². The van der Waals surface area contributed by atoms with Crippen LogP contribution < -0.4 is 10.1 Å². The summed E-state index contributed by atoms with van der Waals surface area (Å²) in [6.07, 6.45) is 0.839. The van der Waals surface area contributed by atoms with Crippen LogP contribution in [0.25, 0.3) is 0 Å². The lowest BCUT2D eigenvalue weighted by Crippen LogP contribution is -2.39. The zero-order chi connectivity index (χ0) is 22.8. The number of amidine groups is 1. The number of rotatable bonds is 1. The predicted molar refractivity (Wildman–Crippen MR) is 132 cm³/mol. The standard InChI is InChI=1S/C26H25ClN4O2/c1-18-10-11-22-24(16-18)33-23-9-3-2-8-21(23)25(29-22)30-12-5-13-31(15-14-30)26(32)28-20-7-4-6-19(27)17-20/h2-4,6-11,16-17H,5,12-15H2,1H3,(H,28,32). The van der Waals surface area contributed by atoms with Gasteiger partial charge in [-0.2, -0.15) is 0 Å². The van der Waals surface area contributed by atoms with Gasteiger partial charge in [0, 0.05) is 36.9 Å². The molecule has 1 N–H and O–H groups in total. The summed E-state index contributed by atoms with van der Waals surface area (Å²) in [5.74, 6) is 2.43. The second-order valence-electron chi connectivity index (χ2n) is 8.27. The molecule has 0 radical (unpaired) electrons. The monoisotopic (exact) mass is 460 g/mol. The number of hydrogen-bond donors (Lipinski definition) is 1. The van der Waals surface area contributed by atoms with Crippen LogP contribution in [0.2, 0.25) is 5.02 Å². The van der Waals surface area contributed by atoms with Crippen molar-refractivity contribution in [1.82, 2.24) is 9.80 Å². The molecule has 2 amide bonds. The SMILES string of the molecule is Cc1ccc2c(c1)Oc1ccccc1C(N1CCCN(C(=O)Nc3cccc(Cl)c3)CC1)=N2. The van der Waals surface area contributed by atoms with Gasteiger partial charge in [-0.25, -0.2) is 9.79 Å². The summed E-state index contributed by atoms with van der Waals surface area (Å²) in [6, 6.07) is 21.1. The number of benzene rings is 3. The number of anilines is 1. The minimum absolute atomic E-state index is 0.119. The lowest BCUT2D eigenvalue weighted by atomic mass is 10.1. The Balaban J connectivity index is 1.38. The van der Waals surface area contributed by atoms with Crippen molar-refractivity contribution in [2.24, 2.45) is 4.99 Å². The summed E-state index contributed by atoms with van der Waals surface area (Å²) >= 11 is 6.05. The molecule has 1 fully saturated rings. The first-order chi connectivity index (χ1) is 16.1. The Kier molecular flexibility index (Phi) is 5.92. The Labute approximate surface area is 198 Å². The summed E-state index contributed by atoms with van der Waals surface area (Å²) in [5.41, 5.74) is 3.59. The van der Waals surface area contributed by atoms with Crippen LogP contribution in [0.15, 0.2) is 71.7 Å². The summed E-state index contributed by atoms with van der Waals surface area (Å²) < 4.78 is 6.24. The van der Waals surface area contributed by atoms with Crippen molar-refractivity contribution in [3.8, 4) is 11.5 Å². The van der Waals surface area contributed by atoms with Crippen molar-refractivity contribution >= 4 is 34.8 Å². The number of nitrogens with zero attached hydrogens (tertiary/aromatic N) is 3. The first-order valence-electron chi connectivity index (χ1n) is 11.1. The molecule has 6 nitrogen and oxygen atoms in total. The lowest BCUT2D eigenvalue weighted by molar-refractivity contribution is 0.214. The molecule has 2 aliphatic rings. The number of carbonyl (C=O) groups is 1. The highest BCUT2D eigenvalue weighted by molar-refractivity contribution is 6.30. The van der Waals surface area contributed by atoms with E-state index in [4.69, 9.17) is 21.3 Å². The molecule has 1 saturated heterocycles. The Morgan fingerprint density at radius 1 is 0.970 bits per heavy atom. The number of ether oxygens (including phenoxy) is 1. The third-order valence-corrected chi connectivity index (χ3v) is 6.08. The molecule has 2 aliphatic heterocycles. The molecule has 3 aromatic rings. The fourth-order valence-electron chi connectivity index (χ4n) is 4.17. The summed E-state index contributed by atoms with van der Waals surface area (Å²) in [6.45, 7) is 4.79. The van der Waals surface area contributed by atoms with Crippen molar-refractivity contribution in [1.29, 1.82) is 0 Å². The predicted octanol–water partition coefficient (Wildman–Crippen LogP) is 6.07. The number of nitrogens with one attached hydrogen (secondary N) is 1. The van der Waals surface area contributed by atoms with Gasteiger partial charge in [0.15, 0.2) is 5.75 Å². The van der Waals surface area contributed by atoms with E-state index in [1.54, 1.807) is 12.1 Å². The van der Waals surface area contributed by atoms with E-state index in [2.05, 4.69) is 10.2 Å². The zero-order valence-corrected chi connectivity index (χ0v) is 19.2. The summed E-state index contributed by atoms with van der Waals surface area (Å²) in [4.78, 5) is 22.0. The Morgan fingerprint density at radius 2 is 1.85 bits per heavy atom. The zero-order valence-electron chi connectivity index (χ0n) is 18.4. The largest absolute Gasteiger partial charge is 0.454 e. The number of amides is 2. The number of para-hydroxylation sites is 1. The fraction of sp³-hybridized carbons (Fsp3) is 0.231. The quantitative estimate of drug-likeness (QED) is 0.479. The molecule has 0 spiro atoms. The van der Waals surface area contributed by atoms with Crippen LogP contribution in [0.1, 0.15) is 17.5 Å². The maximum Gasteiger partial charge on any atom is 0.321 e. The number of hydrogen-bond acceptors (Lipinski definition) is 4. The van der Waals surface area contributed by atoms with Crippen LogP contribution >= 0.6 is 11.6 Å². The van der Waals surface area contributed by atoms with E-state index in [0.29, 0.717) is 30.3 Å². The van der Waals surface area contributed by atoms with Crippen molar-refractivity contribution in [2.75, 3.05) is 31.5 Å². The molecular weight excluding hydrogens is 436 g/mol. The molecule has 0 bridgehead atoms. The first-order valence-corrected chi connectivity index (χ1v) is 11.5. The van der Waals surface area contributed by atoms with Gasteiger partial charge in [-0.15, -0.1) is 0 Å². The van der Waals surface area contributed by atoms with Crippen LogP contribution in [-0.2, 0) is 0 Å². The number of aliphatic imine (C=N–C) groups is 1. The molecule has 3 aromatic carbocycles. The maximum atomic E-state index is 12.9. The third kappa shape index (κ3) is 4.66. The molecule has 0 aliphatic carbocycles. The molecule has 2 heterocycles. The first kappa shape index (κ1) is 21.3. The molecular formula is C26H25ClN4O2. The van der Waals surface area contributed by atoms with Crippen LogP contribution in [0.5, 0.6) is 11.5 Å². The molecule has 0 aromatic heterocycles. The fourth-order valence-corrected chi connectivity index (χ4v) is 4.36. The van der Waals surface area contributed by atoms with E-state index in [-0.39, 0.29) is 6.03 Å². The van der Waals surface area contributed by atoms with E-state index >= 15 is 0 Å². The van der Waals surface area contributed by atoms with Gasteiger partial charge in [-0.1, -0.05) is 35.9 Å². The van der Waals surface area contributed by atoms with Gasteiger partial charge in [-0.3, -0.25) is 0 Å². The van der Waals surface area contributed by atoms with E-state index in [1.165, 1.54) is 0 Å². The Bertz CT molecular complexity index is 1230. The molecule has 168 valence electrons. The average Bonchev–Trinajstić information content (AvgIpc) is 3.14. The summed E-state index contributed by atoms with van der Waals surface area (Å²) in [7, 11) is 0. The molecule has 0 saturated carbocycles. The number of aryl methyl sites for hydroxylation is 1. The number of urea groups is 1. The van der Waals surface area contributed by atoms with E-state index < -0.39 is 0 Å². The van der Waals surface area contributed by atoms with Gasteiger partial charge < -0.3 is 19.9 Å². The highest BCUT2D eigenvalue weighted by Gasteiger charge is 2.26. The van der Waals surface area contributed by atoms with Crippen LogP contribution in [0.3, 0.4) is 0 Å². The topological polar surface area (TPSA) is 57.2 Å². The van der Waals surface area contributed by atoms with Crippen molar-refractivity contribution < 1.29 is 9.53 Å². The normalized spacial score (nSPS) is 15.4. The van der Waals surface area contributed by atoms with Gasteiger partial charge in [0.1, 0.15) is 17.3 Å². The third-order valence-electron chi connectivity index (χ3n) is 5.85. The minimum atomic E-state index is -0.119. The highest BCUT2D eigenvalue weighted by atomic mass is 35.5. The van der Waals surface area contributed by atoms with Crippen molar-refractivity contribution in [2.45, 2.75) is 13.3 Å². The average molecular weight is 461 g/mol. The summed E-state index contributed by atoms with van der Waals surface area (Å²) in [5, 5.41) is 3.55. The minimum Gasteiger partial charge on any atom is -0.454 e. The molecule has 5 rings (SSSR count). The van der Waals surface area contributed by atoms with Crippen molar-refractivity contribution in [3.05, 3.63) is 82.9 Å². The van der Waals surface area contributed by atoms with Crippen molar-refractivity contribution in [3.63, 3.8) is 0 Å². The second-order valence-corrected chi connectivity index (χ2v) is 8.71. The van der Waals surface area contributed by atoms with Gasteiger partial charge in [-0.05, 0) is 61.4 Å². The van der Waals surface area contributed by atoms with Crippen LogP contribution in [0, 0.1) is 6.92 Å².